The fourth-order valence-corrected chi connectivity index (χ4v) is 3.31. The van der Waals surface area contributed by atoms with Crippen LogP contribution in [-0.2, 0) is 12.6 Å². The zero-order chi connectivity index (χ0) is 23.8. The van der Waals surface area contributed by atoms with Crippen LogP contribution in [-0.4, -0.2) is 40.9 Å². The van der Waals surface area contributed by atoms with Gasteiger partial charge in [-0.2, -0.15) is 5.10 Å². The van der Waals surface area contributed by atoms with Gasteiger partial charge in [-0.3, -0.25) is 4.68 Å². The molecule has 0 saturated heterocycles. The van der Waals surface area contributed by atoms with Gasteiger partial charge in [-0.15, -0.1) is 0 Å². The molecule has 10 nitrogen and oxygen atoms in total. The summed E-state index contributed by atoms with van der Waals surface area (Å²) >= 11 is 0. The Labute approximate surface area is 190 Å². The van der Waals surface area contributed by atoms with E-state index >= 15 is 0 Å². The van der Waals surface area contributed by atoms with Crippen molar-refractivity contribution in [3.63, 3.8) is 0 Å². The number of carbonyl (C=O) groups excluding carboxylic acids is 1. The molecule has 0 atom stereocenters. The summed E-state index contributed by atoms with van der Waals surface area (Å²) in [6.07, 6.45) is 4.93. The maximum absolute atomic E-state index is 12.5. The average molecular weight is 444 g/mol. The number of carbonyl (C=O) groups is 1. The van der Waals surface area contributed by atoms with Gasteiger partial charge in [0.25, 0.3) is 0 Å². The minimum absolute atomic E-state index is 0.296. The van der Waals surface area contributed by atoms with Gasteiger partial charge in [-0.1, -0.05) is 12.1 Å². The quantitative estimate of drug-likeness (QED) is 0.483. The number of hydrogen-bond donors (Lipinski definition) is 2. The predicted octanol–water partition coefficient (Wildman–Crippen LogP) is 3.09. The lowest BCUT2D eigenvalue weighted by Crippen LogP contribution is -2.32. The predicted molar refractivity (Wildman–Crippen MR) is 123 cm³/mol. The highest BCUT2D eigenvalue weighted by atomic mass is 16.3. The third kappa shape index (κ3) is 4.55. The van der Waals surface area contributed by atoms with E-state index < -0.39 is 11.6 Å². The number of nitrogens with zero attached hydrogens (tertiary/aromatic N) is 7. The number of aryl methyl sites for hydroxylation is 2. The molecule has 2 amide bonds. The fourth-order valence-electron chi connectivity index (χ4n) is 3.31. The second-order valence-corrected chi connectivity index (χ2v) is 8.11. The zero-order valence-corrected chi connectivity index (χ0v) is 18.8. The standard InChI is InChI=1S/C23H24N8O2/c1-14-5-6-15(16-7-10-26-21(27-16)23(2,3)33)13-18(14)31(22(24)32)19-8-11-25-20(28-19)17-9-12-30(4)29-17/h5-13,33H,1-4H3,(H2,24,32). The Morgan fingerprint density at radius 3 is 2.48 bits per heavy atom. The SMILES string of the molecule is Cc1ccc(-c2ccnc(C(C)(C)O)n2)cc1N(C(N)=O)c1ccnc(-c2ccn(C)n2)n1. The van der Waals surface area contributed by atoms with Crippen LogP contribution in [0.25, 0.3) is 22.8 Å². The van der Waals surface area contributed by atoms with Crippen LogP contribution in [0.1, 0.15) is 25.2 Å². The van der Waals surface area contributed by atoms with Crippen LogP contribution < -0.4 is 10.6 Å². The Balaban J connectivity index is 1.79. The molecule has 0 aliphatic carbocycles. The molecular formula is C23H24N8O2. The summed E-state index contributed by atoms with van der Waals surface area (Å²) in [6.45, 7) is 5.11. The van der Waals surface area contributed by atoms with Crippen LogP contribution in [0, 0.1) is 6.92 Å². The van der Waals surface area contributed by atoms with Crippen LogP contribution in [0.15, 0.2) is 55.0 Å². The van der Waals surface area contributed by atoms with Gasteiger partial charge in [-0.25, -0.2) is 29.6 Å². The third-order valence-electron chi connectivity index (χ3n) is 4.98. The Morgan fingerprint density at radius 2 is 1.82 bits per heavy atom. The lowest BCUT2D eigenvalue weighted by Gasteiger charge is -2.22. The van der Waals surface area contributed by atoms with Crippen molar-refractivity contribution in [1.82, 2.24) is 29.7 Å². The number of anilines is 2. The van der Waals surface area contributed by atoms with E-state index in [4.69, 9.17) is 5.73 Å². The normalized spacial score (nSPS) is 11.4. The van der Waals surface area contributed by atoms with E-state index in [0.29, 0.717) is 34.5 Å². The number of nitrogens with two attached hydrogens (primary N) is 1. The number of benzene rings is 1. The molecule has 0 unspecified atom stereocenters. The van der Waals surface area contributed by atoms with Crippen LogP contribution in [0.5, 0.6) is 0 Å². The molecule has 3 aromatic heterocycles. The first-order valence-corrected chi connectivity index (χ1v) is 10.2. The molecule has 3 N–H and O–H groups in total. The maximum atomic E-state index is 12.5. The summed E-state index contributed by atoms with van der Waals surface area (Å²) in [5.74, 6) is 0.988. The van der Waals surface area contributed by atoms with Crippen molar-refractivity contribution in [2.24, 2.45) is 12.8 Å². The minimum atomic E-state index is -1.19. The van der Waals surface area contributed by atoms with E-state index in [9.17, 15) is 9.90 Å². The molecule has 0 aliphatic rings. The Bertz CT molecular complexity index is 1330. The lowest BCUT2D eigenvalue weighted by molar-refractivity contribution is 0.0688. The van der Waals surface area contributed by atoms with Crippen molar-refractivity contribution < 1.29 is 9.90 Å². The van der Waals surface area contributed by atoms with Gasteiger partial charge >= 0.3 is 6.03 Å². The average Bonchev–Trinajstić information content (AvgIpc) is 3.21. The van der Waals surface area contributed by atoms with Gasteiger partial charge in [0.05, 0.1) is 11.4 Å². The summed E-state index contributed by atoms with van der Waals surface area (Å²) in [5.41, 5.74) is 7.86. The summed E-state index contributed by atoms with van der Waals surface area (Å²) in [4.78, 5) is 31.3. The molecule has 1 aromatic carbocycles. The first-order valence-electron chi connectivity index (χ1n) is 10.2. The molecule has 0 fully saturated rings. The van der Waals surface area contributed by atoms with E-state index in [1.165, 1.54) is 4.90 Å². The highest BCUT2D eigenvalue weighted by molar-refractivity contribution is 5.99. The molecular weight excluding hydrogens is 420 g/mol. The lowest BCUT2D eigenvalue weighted by atomic mass is 10.0. The number of primary amides is 1. The molecule has 0 saturated carbocycles. The van der Waals surface area contributed by atoms with Crippen molar-refractivity contribution in [2.45, 2.75) is 26.4 Å². The molecule has 0 aliphatic heterocycles. The van der Waals surface area contributed by atoms with Crippen molar-refractivity contribution in [1.29, 1.82) is 0 Å². The number of aliphatic hydroxyl groups is 1. The van der Waals surface area contributed by atoms with Crippen LogP contribution >= 0.6 is 0 Å². The van der Waals surface area contributed by atoms with E-state index in [1.54, 1.807) is 68.4 Å². The highest BCUT2D eigenvalue weighted by Gasteiger charge is 2.22. The third-order valence-corrected chi connectivity index (χ3v) is 4.98. The summed E-state index contributed by atoms with van der Waals surface area (Å²) in [5, 5.41) is 14.6. The number of aromatic nitrogens is 6. The van der Waals surface area contributed by atoms with E-state index in [2.05, 4.69) is 25.0 Å². The summed E-state index contributed by atoms with van der Waals surface area (Å²) < 4.78 is 1.65. The highest BCUT2D eigenvalue weighted by Crippen LogP contribution is 2.32. The number of hydrogen-bond acceptors (Lipinski definition) is 7. The monoisotopic (exact) mass is 444 g/mol. The van der Waals surface area contributed by atoms with E-state index in [1.807, 2.05) is 19.1 Å². The fraction of sp³-hybridized carbons (Fsp3) is 0.217. The van der Waals surface area contributed by atoms with Gasteiger partial charge in [0, 0.05) is 31.2 Å². The number of amides is 2. The van der Waals surface area contributed by atoms with Crippen LogP contribution in [0.2, 0.25) is 0 Å². The molecule has 168 valence electrons. The number of rotatable bonds is 5. The minimum Gasteiger partial charge on any atom is -0.382 e. The Kier molecular flexibility index (Phi) is 5.60. The van der Waals surface area contributed by atoms with Gasteiger partial charge in [0.15, 0.2) is 11.6 Å². The molecule has 0 spiro atoms. The first-order chi connectivity index (χ1) is 15.6. The molecule has 4 rings (SSSR count). The topological polar surface area (TPSA) is 136 Å². The summed E-state index contributed by atoms with van der Waals surface area (Å²) in [7, 11) is 1.80. The second-order valence-electron chi connectivity index (χ2n) is 8.11. The van der Waals surface area contributed by atoms with Gasteiger partial charge in [0.2, 0.25) is 0 Å². The van der Waals surface area contributed by atoms with Crippen molar-refractivity contribution in [2.75, 3.05) is 4.90 Å². The largest absolute Gasteiger partial charge is 0.382 e. The first kappa shape index (κ1) is 22.0. The van der Waals surface area contributed by atoms with Crippen molar-refractivity contribution in [3.8, 4) is 22.8 Å². The molecule has 4 aromatic rings. The second kappa shape index (κ2) is 8.40. The molecule has 10 heteroatoms. The van der Waals surface area contributed by atoms with E-state index in [0.717, 1.165) is 11.1 Å². The van der Waals surface area contributed by atoms with Crippen LogP contribution in [0.3, 0.4) is 0 Å². The smallest absolute Gasteiger partial charge is 0.325 e. The molecule has 0 radical (unpaired) electrons. The molecule has 3 heterocycles. The van der Waals surface area contributed by atoms with Crippen LogP contribution in [0.4, 0.5) is 16.3 Å². The van der Waals surface area contributed by atoms with Gasteiger partial charge < -0.3 is 10.8 Å². The Morgan fingerprint density at radius 1 is 1.06 bits per heavy atom. The zero-order valence-electron chi connectivity index (χ0n) is 18.8. The molecule has 33 heavy (non-hydrogen) atoms. The summed E-state index contributed by atoms with van der Waals surface area (Å²) in [6, 6.07) is 10.00. The molecule has 0 bridgehead atoms. The van der Waals surface area contributed by atoms with Gasteiger partial charge in [-0.05, 0) is 50.6 Å². The van der Waals surface area contributed by atoms with Crippen molar-refractivity contribution >= 4 is 17.5 Å². The number of urea groups is 1. The van der Waals surface area contributed by atoms with Gasteiger partial charge in [0.1, 0.15) is 17.1 Å². The maximum Gasteiger partial charge on any atom is 0.325 e. The van der Waals surface area contributed by atoms with Crippen molar-refractivity contribution in [3.05, 3.63) is 66.4 Å². The van der Waals surface area contributed by atoms with E-state index in [-0.39, 0.29) is 0 Å². The Hall–Kier alpha value is -4.18.